The van der Waals surface area contributed by atoms with Crippen molar-refractivity contribution in [2.24, 2.45) is 17.6 Å². The zero-order chi connectivity index (χ0) is 10.5. The van der Waals surface area contributed by atoms with Gasteiger partial charge in [0.15, 0.2) is 0 Å². The summed E-state index contributed by atoms with van der Waals surface area (Å²) in [6.07, 6.45) is 9.75. The summed E-state index contributed by atoms with van der Waals surface area (Å²) in [6.45, 7) is 2.30. The lowest BCUT2D eigenvalue weighted by Crippen LogP contribution is -2.61. The second kappa shape index (κ2) is 3.40. The molecule has 0 aliphatic heterocycles. The molecule has 15 heavy (non-hydrogen) atoms. The molecule has 2 atom stereocenters. The summed E-state index contributed by atoms with van der Waals surface area (Å²) < 4.78 is 0.606. The molecule has 0 spiro atoms. The molecule has 0 aromatic carbocycles. The van der Waals surface area contributed by atoms with Crippen molar-refractivity contribution in [3.05, 3.63) is 0 Å². The molecule has 0 radical (unpaired) electrons. The minimum atomic E-state index is 0.241. The Bertz CT molecular complexity index is 249. The first-order valence-corrected chi connectivity index (χ1v) is 7.54. The Morgan fingerprint density at radius 1 is 1.20 bits per heavy atom. The molecule has 0 amide bonds. The van der Waals surface area contributed by atoms with E-state index < -0.39 is 0 Å². The third kappa shape index (κ3) is 1.74. The van der Waals surface area contributed by atoms with E-state index >= 15 is 0 Å². The van der Waals surface area contributed by atoms with Crippen LogP contribution in [0.15, 0.2) is 0 Å². The Labute approximate surface area is 97.6 Å². The number of nitrogens with two attached hydrogens (primary N) is 1. The van der Waals surface area contributed by atoms with Gasteiger partial charge in [-0.15, -0.1) is 0 Å². The summed E-state index contributed by atoms with van der Waals surface area (Å²) in [5.41, 5.74) is 6.81. The predicted molar refractivity (Wildman–Crippen MR) is 67.1 cm³/mol. The Hall–Kier alpha value is 0.310. The summed E-state index contributed by atoms with van der Waals surface area (Å²) in [5, 5.41) is 0. The molecule has 4 fully saturated rings. The topological polar surface area (TPSA) is 26.0 Å². The third-order valence-corrected chi connectivity index (χ3v) is 6.37. The van der Waals surface area contributed by atoms with E-state index in [2.05, 4.69) is 18.7 Å². The number of rotatable bonds is 3. The van der Waals surface area contributed by atoms with Crippen molar-refractivity contribution < 1.29 is 0 Å². The zero-order valence-electron chi connectivity index (χ0n) is 9.80. The van der Waals surface area contributed by atoms with Crippen molar-refractivity contribution >= 4 is 11.8 Å². The van der Waals surface area contributed by atoms with Gasteiger partial charge in [-0.2, -0.15) is 11.8 Å². The highest BCUT2D eigenvalue weighted by Gasteiger charge is 2.56. The van der Waals surface area contributed by atoms with Crippen LogP contribution in [0.25, 0.3) is 0 Å². The van der Waals surface area contributed by atoms with Crippen LogP contribution >= 0.6 is 11.8 Å². The molecule has 4 saturated carbocycles. The first-order chi connectivity index (χ1) is 7.13. The molecule has 4 rings (SSSR count). The van der Waals surface area contributed by atoms with Crippen LogP contribution < -0.4 is 5.73 Å². The minimum Gasteiger partial charge on any atom is -0.325 e. The third-order valence-electron chi connectivity index (χ3n) is 4.67. The maximum absolute atomic E-state index is 6.56. The molecule has 4 bridgehead atoms. The molecule has 0 saturated heterocycles. The van der Waals surface area contributed by atoms with Crippen LogP contribution in [0.2, 0.25) is 0 Å². The molecule has 0 aromatic heterocycles. The van der Waals surface area contributed by atoms with Crippen molar-refractivity contribution in [2.75, 3.05) is 5.75 Å². The van der Waals surface area contributed by atoms with E-state index in [-0.39, 0.29) is 5.54 Å². The molecule has 0 heterocycles. The van der Waals surface area contributed by atoms with E-state index in [0.717, 1.165) is 11.8 Å². The summed E-state index contributed by atoms with van der Waals surface area (Å²) in [4.78, 5) is 0. The van der Waals surface area contributed by atoms with E-state index in [0.29, 0.717) is 4.75 Å². The fourth-order valence-corrected chi connectivity index (χ4v) is 6.47. The van der Waals surface area contributed by atoms with Crippen molar-refractivity contribution in [3.8, 4) is 0 Å². The average Bonchev–Trinajstić information content (AvgIpc) is 2.10. The van der Waals surface area contributed by atoms with Crippen LogP contribution in [0.3, 0.4) is 0 Å². The van der Waals surface area contributed by atoms with Gasteiger partial charge < -0.3 is 5.73 Å². The van der Waals surface area contributed by atoms with Gasteiger partial charge in [0.05, 0.1) is 0 Å². The van der Waals surface area contributed by atoms with E-state index in [1.54, 1.807) is 0 Å². The Balaban J connectivity index is 1.80. The van der Waals surface area contributed by atoms with E-state index in [1.807, 2.05) is 0 Å². The molecular formula is C13H23NS. The van der Waals surface area contributed by atoms with E-state index in [4.69, 9.17) is 5.73 Å². The highest BCUT2D eigenvalue weighted by Crippen LogP contribution is 2.61. The van der Waals surface area contributed by atoms with Crippen LogP contribution in [0.4, 0.5) is 0 Å². The fraction of sp³-hybridized carbons (Fsp3) is 1.00. The lowest BCUT2D eigenvalue weighted by atomic mass is 9.53. The summed E-state index contributed by atoms with van der Waals surface area (Å²) >= 11 is 2.25. The second-order valence-corrected chi connectivity index (χ2v) is 7.92. The maximum atomic E-state index is 6.56. The number of hydrogen-bond donors (Lipinski definition) is 1. The molecule has 0 aromatic rings. The molecular weight excluding hydrogens is 202 g/mol. The highest BCUT2D eigenvalue weighted by molar-refractivity contribution is 8.00. The predicted octanol–water partition coefficient (Wildman–Crippen LogP) is 3.18. The van der Waals surface area contributed by atoms with Crippen LogP contribution in [0.1, 0.15) is 51.9 Å². The van der Waals surface area contributed by atoms with Gasteiger partial charge in [-0.3, -0.25) is 0 Å². The van der Waals surface area contributed by atoms with Crippen LogP contribution in [-0.2, 0) is 0 Å². The van der Waals surface area contributed by atoms with Gasteiger partial charge in [0.25, 0.3) is 0 Å². The maximum Gasteiger partial charge on any atom is 0.0182 e. The van der Waals surface area contributed by atoms with Gasteiger partial charge in [-0.05, 0) is 62.5 Å². The molecule has 4 aliphatic rings. The second-order valence-electron chi connectivity index (χ2n) is 6.35. The fourth-order valence-electron chi connectivity index (χ4n) is 4.74. The van der Waals surface area contributed by atoms with Gasteiger partial charge in [0.1, 0.15) is 0 Å². The first kappa shape index (κ1) is 10.5. The summed E-state index contributed by atoms with van der Waals surface area (Å²) in [7, 11) is 0. The van der Waals surface area contributed by atoms with Crippen molar-refractivity contribution in [1.29, 1.82) is 0 Å². The Morgan fingerprint density at radius 3 is 2.40 bits per heavy atom. The monoisotopic (exact) mass is 225 g/mol. The van der Waals surface area contributed by atoms with Crippen LogP contribution in [0.5, 0.6) is 0 Å². The van der Waals surface area contributed by atoms with Crippen molar-refractivity contribution in [1.82, 2.24) is 0 Å². The summed E-state index contributed by atoms with van der Waals surface area (Å²) in [6, 6.07) is 0. The molecule has 86 valence electrons. The number of thioether (sulfide) groups is 1. The normalized spacial score (nSPS) is 52.4. The van der Waals surface area contributed by atoms with Gasteiger partial charge in [0.2, 0.25) is 0 Å². The quantitative estimate of drug-likeness (QED) is 0.798. The van der Waals surface area contributed by atoms with E-state index in [1.165, 1.54) is 50.7 Å². The summed E-state index contributed by atoms with van der Waals surface area (Å²) in [5.74, 6) is 3.29. The standard InChI is InChI=1S/C13H23NS/c1-2-3-15-13-7-10-4-11(8-13)6-12(14,5-10)9-13/h10-11H,2-9,14H2,1H3. The van der Waals surface area contributed by atoms with Gasteiger partial charge in [0, 0.05) is 10.3 Å². The van der Waals surface area contributed by atoms with Gasteiger partial charge in [-0.25, -0.2) is 0 Å². The lowest BCUT2D eigenvalue weighted by molar-refractivity contribution is 0.0177. The molecule has 1 nitrogen and oxygen atoms in total. The Morgan fingerprint density at radius 2 is 1.87 bits per heavy atom. The van der Waals surface area contributed by atoms with Crippen LogP contribution in [-0.4, -0.2) is 16.0 Å². The largest absolute Gasteiger partial charge is 0.325 e. The lowest BCUT2D eigenvalue weighted by Gasteiger charge is -2.60. The number of hydrogen-bond acceptors (Lipinski definition) is 2. The SMILES string of the molecule is CCCSC12CC3CC(CC(N)(C3)C1)C2. The van der Waals surface area contributed by atoms with Gasteiger partial charge >= 0.3 is 0 Å². The van der Waals surface area contributed by atoms with Gasteiger partial charge in [-0.1, -0.05) is 6.92 Å². The molecule has 4 aliphatic carbocycles. The van der Waals surface area contributed by atoms with Crippen molar-refractivity contribution in [3.63, 3.8) is 0 Å². The first-order valence-electron chi connectivity index (χ1n) is 6.56. The van der Waals surface area contributed by atoms with Crippen LogP contribution in [0, 0.1) is 11.8 Å². The average molecular weight is 225 g/mol. The minimum absolute atomic E-state index is 0.241. The Kier molecular flexibility index (Phi) is 2.37. The highest BCUT2D eigenvalue weighted by atomic mass is 32.2. The molecule has 2 heteroatoms. The smallest absolute Gasteiger partial charge is 0.0182 e. The zero-order valence-corrected chi connectivity index (χ0v) is 10.6. The van der Waals surface area contributed by atoms with E-state index in [9.17, 15) is 0 Å². The molecule has 2 N–H and O–H groups in total. The van der Waals surface area contributed by atoms with Crippen molar-refractivity contribution in [2.45, 2.75) is 62.2 Å². The molecule has 2 unspecified atom stereocenters.